The summed E-state index contributed by atoms with van der Waals surface area (Å²) in [5.74, 6) is 1.63. The predicted molar refractivity (Wildman–Crippen MR) is 220 cm³/mol. The van der Waals surface area contributed by atoms with Gasteiger partial charge in [0.15, 0.2) is 0 Å². The summed E-state index contributed by atoms with van der Waals surface area (Å²) < 4.78 is 19.2. The van der Waals surface area contributed by atoms with Crippen LogP contribution in [0.2, 0.25) is 0 Å². The minimum absolute atomic E-state index is 0. The Morgan fingerprint density at radius 1 is 0.491 bits per heavy atom. The molecular formula is C47H38IrN7O2. The summed E-state index contributed by atoms with van der Waals surface area (Å²) in [6.07, 6.45) is 10.4. The number of rotatable bonds is 10. The van der Waals surface area contributed by atoms with Crippen molar-refractivity contribution in [2.75, 3.05) is 14.2 Å². The first kappa shape index (κ1) is 37.4. The molecule has 0 aliphatic heterocycles. The molecule has 0 aliphatic rings. The number of aromatic nitrogens is 7. The molecule has 5 aromatic carbocycles. The Labute approximate surface area is 344 Å². The summed E-state index contributed by atoms with van der Waals surface area (Å²) in [7, 11) is 3.38. The second-order valence-corrected chi connectivity index (χ2v) is 13.6. The van der Waals surface area contributed by atoms with Gasteiger partial charge < -0.3 is 18.6 Å². The van der Waals surface area contributed by atoms with Crippen LogP contribution in [0.15, 0.2) is 146 Å². The smallest absolute Gasteiger partial charge is 0.522 e. The third-order valence-corrected chi connectivity index (χ3v) is 9.92. The number of hydrogen-bond acceptors (Lipinski definition) is 5. The van der Waals surface area contributed by atoms with Crippen molar-refractivity contribution >= 4 is 43.6 Å². The summed E-state index contributed by atoms with van der Waals surface area (Å²) >= 11 is 0. The summed E-state index contributed by atoms with van der Waals surface area (Å²) in [6, 6.07) is 48.6. The maximum Gasteiger partial charge on any atom is 3.00 e. The van der Waals surface area contributed by atoms with E-state index in [-0.39, 0.29) is 20.1 Å². The number of pyridine rings is 1. The van der Waals surface area contributed by atoms with E-state index in [1.165, 1.54) is 10.8 Å². The molecule has 0 aliphatic carbocycles. The van der Waals surface area contributed by atoms with Crippen LogP contribution < -0.4 is 9.47 Å². The number of methoxy groups -OCH3 is 2. The number of para-hydroxylation sites is 4. The fourth-order valence-corrected chi connectivity index (χ4v) is 7.21. The van der Waals surface area contributed by atoms with Crippen molar-refractivity contribution in [2.24, 2.45) is 0 Å². The molecule has 0 amide bonds. The van der Waals surface area contributed by atoms with Gasteiger partial charge in [-0.2, -0.15) is 39.2 Å². The molecule has 0 bridgehead atoms. The fraction of sp³-hybridized carbons (Fsp3) is 0.128. The van der Waals surface area contributed by atoms with Crippen LogP contribution in [-0.4, -0.2) is 47.9 Å². The van der Waals surface area contributed by atoms with E-state index in [1.807, 2.05) is 107 Å². The van der Waals surface area contributed by atoms with Crippen LogP contribution in [0.5, 0.6) is 11.5 Å². The number of fused-ring (bicyclic) bond motifs is 4. The van der Waals surface area contributed by atoms with Crippen LogP contribution in [0.25, 0.3) is 43.6 Å². The molecule has 5 heterocycles. The molecule has 0 N–H and O–H groups in total. The fourth-order valence-electron chi connectivity index (χ4n) is 7.21. The minimum atomic E-state index is 0. The molecule has 0 fully saturated rings. The normalized spacial score (nSPS) is 11.1. The van der Waals surface area contributed by atoms with Crippen molar-refractivity contribution in [3.05, 3.63) is 187 Å². The molecule has 10 heteroatoms. The van der Waals surface area contributed by atoms with Crippen molar-refractivity contribution in [3.8, 4) is 11.5 Å². The second kappa shape index (κ2) is 16.7. The van der Waals surface area contributed by atoms with Gasteiger partial charge in [0, 0.05) is 54.8 Å². The van der Waals surface area contributed by atoms with E-state index in [1.54, 1.807) is 14.2 Å². The van der Waals surface area contributed by atoms with Crippen LogP contribution in [-0.2, 0) is 46.3 Å². The molecule has 0 saturated heterocycles. The number of benzene rings is 5. The van der Waals surface area contributed by atoms with Gasteiger partial charge in [-0.05, 0) is 12.1 Å². The molecule has 0 atom stereocenters. The Morgan fingerprint density at radius 2 is 0.895 bits per heavy atom. The average molecular weight is 925 g/mol. The van der Waals surface area contributed by atoms with Gasteiger partial charge in [0.1, 0.15) is 5.75 Å². The molecule has 5 aromatic heterocycles. The molecule has 10 rings (SSSR count). The predicted octanol–water partition coefficient (Wildman–Crippen LogP) is 8.99. The van der Waals surface area contributed by atoms with Crippen LogP contribution in [0.1, 0.15) is 22.5 Å². The van der Waals surface area contributed by atoms with E-state index in [0.717, 1.165) is 66.9 Å². The Balaban J connectivity index is 0.000000157. The van der Waals surface area contributed by atoms with Gasteiger partial charge in [-0.1, -0.05) is 60.7 Å². The molecule has 57 heavy (non-hydrogen) atoms. The molecule has 0 unspecified atom stereocenters. The Kier molecular flexibility index (Phi) is 11.0. The maximum absolute atomic E-state index is 5.53. The molecule has 10 aromatic rings. The van der Waals surface area contributed by atoms with E-state index < -0.39 is 0 Å². The first-order chi connectivity index (χ1) is 27.6. The van der Waals surface area contributed by atoms with Crippen molar-refractivity contribution in [1.29, 1.82) is 0 Å². The van der Waals surface area contributed by atoms with E-state index in [0.29, 0.717) is 26.2 Å². The van der Waals surface area contributed by atoms with Gasteiger partial charge >= 0.3 is 20.1 Å². The van der Waals surface area contributed by atoms with Crippen LogP contribution >= 0.6 is 0 Å². The Hall–Kier alpha value is -6.48. The maximum atomic E-state index is 5.53. The molecule has 0 spiro atoms. The zero-order valence-electron chi connectivity index (χ0n) is 31.5. The van der Waals surface area contributed by atoms with E-state index in [2.05, 4.69) is 86.3 Å². The van der Waals surface area contributed by atoms with Crippen molar-refractivity contribution in [2.45, 2.75) is 26.2 Å². The van der Waals surface area contributed by atoms with Gasteiger partial charge in [-0.3, -0.25) is 14.3 Å². The third-order valence-electron chi connectivity index (χ3n) is 9.92. The zero-order valence-corrected chi connectivity index (χ0v) is 33.9. The zero-order chi connectivity index (χ0) is 37.8. The molecule has 9 nitrogen and oxygen atoms in total. The third kappa shape index (κ3) is 8.10. The first-order valence-corrected chi connectivity index (χ1v) is 18.5. The first-order valence-electron chi connectivity index (χ1n) is 18.5. The van der Waals surface area contributed by atoms with Gasteiger partial charge in [-0.25, -0.2) is 0 Å². The number of hydrogen-bond donors (Lipinski definition) is 0. The van der Waals surface area contributed by atoms with Crippen LogP contribution in [0, 0.1) is 18.5 Å². The summed E-state index contributed by atoms with van der Waals surface area (Å²) in [6.45, 7) is 2.57. The van der Waals surface area contributed by atoms with Gasteiger partial charge in [0.05, 0.1) is 49.0 Å². The molecule has 282 valence electrons. The summed E-state index contributed by atoms with van der Waals surface area (Å²) in [4.78, 5) is 4.88. The standard InChI is InChI=1S/C24H19N3O.C23H19N4O.Ir/c1-28-22-14-20(16-26-12-10-18-6-2-4-8-23(18)26)25-21(15-22)17-27-13-11-19-7-3-5-9-24(19)27;1-28-21-11-17(15-26-22-8-4-2-6-19(22)13-24-26)10-18(12-21)16-27-23-9-5-3-7-20(23)14-25-27;/h2-11,14-15H,16-17H2,1H3;2-9,11-14H,15-16H2,1H3;/q-2;-1;+3. The van der Waals surface area contributed by atoms with Crippen molar-refractivity contribution in [1.82, 2.24) is 33.7 Å². The Morgan fingerprint density at radius 3 is 1.35 bits per heavy atom. The summed E-state index contributed by atoms with van der Waals surface area (Å²) in [5.41, 5.74) is 8.47. The second-order valence-electron chi connectivity index (χ2n) is 13.6. The topological polar surface area (TPSA) is 76.8 Å². The van der Waals surface area contributed by atoms with Crippen molar-refractivity contribution in [3.63, 3.8) is 0 Å². The largest absolute Gasteiger partial charge is 3.00 e. The molecular weight excluding hydrogens is 887 g/mol. The van der Waals surface area contributed by atoms with E-state index >= 15 is 0 Å². The van der Waals surface area contributed by atoms with Crippen molar-refractivity contribution < 1.29 is 29.6 Å². The Bertz CT molecular complexity index is 2550. The quantitative estimate of drug-likeness (QED) is 0.128. The van der Waals surface area contributed by atoms with E-state index in [4.69, 9.17) is 14.5 Å². The molecule has 0 saturated carbocycles. The van der Waals surface area contributed by atoms with Crippen LogP contribution in [0.4, 0.5) is 0 Å². The number of nitrogens with zero attached hydrogens (tertiary/aromatic N) is 7. The van der Waals surface area contributed by atoms with Gasteiger partial charge in [-0.15, -0.1) is 71.0 Å². The monoisotopic (exact) mass is 925 g/mol. The van der Waals surface area contributed by atoms with Gasteiger partial charge in [0.2, 0.25) is 0 Å². The average Bonchev–Trinajstić information content (AvgIpc) is 4.05. The van der Waals surface area contributed by atoms with E-state index in [9.17, 15) is 0 Å². The molecule has 0 radical (unpaired) electrons. The van der Waals surface area contributed by atoms with Gasteiger partial charge in [0.25, 0.3) is 0 Å². The SMILES string of the molecule is COc1cc(Cn2[c-]cc3ccccc32)nc(Cn2[c-]cc3ccccc32)c1.COc1cc(Cn2ncc3ccccc32)[c-]c(Cn2ncc3ccccc32)c1.[Ir+3]. The van der Waals surface area contributed by atoms with Crippen LogP contribution in [0.3, 0.4) is 0 Å². The summed E-state index contributed by atoms with van der Waals surface area (Å²) in [5, 5.41) is 13.7. The minimum Gasteiger partial charge on any atom is -0.522 e. The number of ether oxygens (including phenoxy) is 2.